The van der Waals surface area contributed by atoms with Gasteiger partial charge >= 0.3 is 0 Å². The zero-order chi connectivity index (χ0) is 15.1. The molecule has 0 radical (unpaired) electrons. The molecule has 114 valence electrons. The van der Waals surface area contributed by atoms with Crippen molar-refractivity contribution in [1.29, 1.82) is 0 Å². The number of rotatable bonds is 3. The van der Waals surface area contributed by atoms with Gasteiger partial charge < -0.3 is 24.7 Å². The Balaban J connectivity index is 2.03. The second-order valence-electron chi connectivity index (χ2n) is 4.68. The molecule has 0 aromatic carbocycles. The maximum atomic E-state index is 10.2. The van der Waals surface area contributed by atoms with Crippen molar-refractivity contribution in [3.63, 3.8) is 0 Å². The van der Waals surface area contributed by atoms with Crippen molar-refractivity contribution >= 4 is 35.0 Å². The number of hydrogen-bond acceptors (Lipinski definition) is 7. The van der Waals surface area contributed by atoms with Crippen LogP contribution in [-0.2, 0) is 9.47 Å². The molecule has 3 rings (SSSR count). The van der Waals surface area contributed by atoms with Gasteiger partial charge in [-0.2, -0.15) is 0 Å². The van der Waals surface area contributed by atoms with Crippen LogP contribution in [0.5, 0.6) is 0 Å². The molecule has 0 amide bonds. The number of nitrogens with one attached hydrogen (secondary N) is 1. The van der Waals surface area contributed by atoms with E-state index >= 15 is 0 Å². The lowest BCUT2D eigenvalue weighted by molar-refractivity contribution is -0.0580. The Morgan fingerprint density at radius 3 is 3.00 bits per heavy atom. The fraction of sp³-hybridized carbons (Fsp3) is 0.545. The topological polar surface area (TPSA) is 105 Å². The molecule has 3 N–H and O–H groups in total. The highest BCUT2D eigenvalue weighted by molar-refractivity contribution is 7.71. The third-order valence-electron chi connectivity index (χ3n) is 3.36. The van der Waals surface area contributed by atoms with Crippen LogP contribution >= 0.6 is 23.8 Å². The first-order valence-corrected chi connectivity index (χ1v) is 6.94. The molecule has 1 aliphatic rings. The molecule has 3 heterocycles. The highest BCUT2D eigenvalue weighted by atomic mass is 35.5. The van der Waals surface area contributed by atoms with Crippen LogP contribution in [0.1, 0.15) is 6.23 Å². The quantitative estimate of drug-likeness (QED) is 0.552. The molecule has 10 heteroatoms. The lowest BCUT2D eigenvalue weighted by atomic mass is 10.1. The van der Waals surface area contributed by atoms with Crippen LogP contribution in [0.2, 0.25) is 5.28 Å². The van der Waals surface area contributed by atoms with Gasteiger partial charge in [0.2, 0.25) is 5.28 Å². The Morgan fingerprint density at radius 1 is 1.52 bits per heavy atom. The van der Waals surface area contributed by atoms with E-state index in [1.54, 1.807) is 0 Å². The van der Waals surface area contributed by atoms with Crippen molar-refractivity contribution in [2.24, 2.45) is 0 Å². The Morgan fingerprint density at radius 2 is 2.29 bits per heavy atom. The summed E-state index contributed by atoms with van der Waals surface area (Å²) in [4.78, 5) is 10.9. The van der Waals surface area contributed by atoms with E-state index < -0.39 is 24.5 Å². The van der Waals surface area contributed by atoms with Gasteiger partial charge in [-0.25, -0.2) is 9.97 Å². The van der Waals surface area contributed by atoms with Crippen molar-refractivity contribution in [3.05, 3.63) is 16.3 Å². The smallest absolute Gasteiger partial charge is 0.203 e. The van der Waals surface area contributed by atoms with Gasteiger partial charge in [0, 0.05) is 7.11 Å². The fourth-order valence-corrected chi connectivity index (χ4v) is 2.83. The summed E-state index contributed by atoms with van der Waals surface area (Å²) < 4.78 is 12.4. The number of halogens is 1. The van der Waals surface area contributed by atoms with E-state index in [-0.39, 0.29) is 16.5 Å². The molecule has 0 bridgehead atoms. The van der Waals surface area contributed by atoms with Gasteiger partial charge in [0.15, 0.2) is 10.9 Å². The van der Waals surface area contributed by atoms with Crippen molar-refractivity contribution < 1.29 is 19.7 Å². The van der Waals surface area contributed by atoms with E-state index in [9.17, 15) is 10.2 Å². The third-order valence-corrected chi connectivity index (χ3v) is 3.82. The van der Waals surface area contributed by atoms with Crippen LogP contribution < -0.4 is 0 Å². The summed E-state index contributed by atoms with van der Waals surface area (Å²) in [6, 6.07) is 0. The largest absolute Gasteiger partial charge is 0.387 e. The van der Waals surface area contributed by atoms with E-state index in [0.717, 1.165) is 0 Å². The van der Waals surface area contributed by atoms with Crippen molar-refractivity contribution in [2.75, 3.05) is 13.7 Å². The summed E-state index contributed by atoms with van der Waals surface area (Å²) >= 11 is 10.9. The van der Waals surface area contributed by atoms with Gasteiger partial charge in [-0.05, 0) is 11.6 Å². The maximum absolute atomic E-state index is 10.2. The molecule has 2 aromatic heterocycles. The Kier molecular flexibility index (Phi) is 3.95. The summed E-state index contributed by atoms with van der Waals surface area (Å²) in [5.41, 5.74) is 0.907. The zero-order valence-corrected chi connectivity index (χ0v) is 12.5. The van der Waals surface area contributed by atoms with Gasteiger partial charge in [0.05, 0.1) is 12.9 Å². The predicted octanol–water partition coefficient (Wildman–Crippen LogP) is 0.408. The first-order valence-electron chi connectivity index (χ1n) is 6.16. The van der Waals surface area contributed by atoms with Crippen LogP contribution in [0.4, 0.5) is 0 Å². The molecule has 0 spiro atoms. The number of hydrogen-bond donors (Lipinski definition) is 3. The molecule has 4 atom stereocenters. The number of nitrogens with zero attached hydrogens (tertiary/aromatic N) is 3. The minimum atomic E-state index is -1.13. The summed E-state index contributed by atoms with van der Waals surface area (Å²) in [5, 5.41) is 20.2. The van der Waals surface area contributed by atoms with E-state index in [2.05, 4.69) is 15.0 Å². The minimum absolute atomic E-state index is 0.107. The number of imidazole rings is 1. The number of aromatic nitrogens is 4. The van der Waals surface area contributed by atoms with E-state index in [4.69, 9.17) is 33.3 Å². The molecule has 2 aromatic rings. The van der Waals surface area contributed by atoms with Gasteiger partial charge in [-0.1, -0.05) is 12.2 Å². The lowest BCUT2D eigenvalue weighted by Crippen LogP contribution is -2.33. The fourth-order valence-electron chi connectivity index (χ4n) is 2.36. The number of fused-ring (bicyclic) bond motifs is 1. The average molecular weight is 333 g/mol. The van der Waals surface area contributed by atoms with Crippen LogP contribution in [0.15, 0.2) is 6.33 Å². The Hall–Kier alpha value is -1.10. The second kappa shape index (κ2) is 5.59. The highest BCUT2D eigenvalue weighted by Crippen LogP contribution is 2.31. The van der Waals surface area contributed by atoms with Gasteiger partial charge in [0.1, 0.15) is 29.5 Å². The average Bonchev–Trinajstić information content (AvgIpc) is 2.96. The molecule has 21 heavy (non-hydrogen) atoms. The highest BCUT2D eigenvalue weighted by Gasteiger charge is 2.44. The van der Waals surface area contributed by atoms with Gasteiger partial charge in [0.25, 0.3) is 0 Å². The van der Waals surface area contributed by atoms with Crippen LogP contribution in [0, 0.1) is 4.64 Å². The third kappa shape index (κ3) is 2.45. The Bertz CT molecular complexity index is 720. The Labute approximate surface area is 129 Å². The second-order valence-corrected chi connectivity index (χ2v) is 5.43. The van der Waals surface area contributed by atoms with E-state index in [0.29, 0.717) is 11.2 Å². The van der Waals surface area contributed by atoms with Gasteiger partial charge in [-0.3, -0.25) is 4.57 Å². The number of aliphatic hydroxyl groups excluding tert-OH is 2. The zero-order valence-electron chi connectivity index (χ0n) is 10.9. The summed E-state index contributed by atoms with van der Waals surface area (Å²) in [6.07, 6.45) is -2.20. The molecule has 0 aliphatic carbocycles. The van der Waals surface area contributed by atoms with Crippen LogP contribution in [0.25, 0.3) is 11.2 Å². The van der Waals surface area contributed by atoms with Crippen LogP contribution in [0.3, 0.4) is 0 Å². The summed E-state index contributed by atoms with van der Waals surface area (Å²) in [7, 11) is 1.49. The number of H-pyrrole nitrogens is 1. The standard InChI is InChI=1S/C11H13ClN4O4S/c1-19-2-4-6(17)7(18)10(20-4)16-3-13-5-8(16)14-11(12)15-9(5)21/h3-4,6-7,10,17-18H,2H2,1H3,(H,14,15,21)/t4-,6-,7-,10-/m1/s1. The molecule has 1 fully saturated rings. The monoisotopic (exact) mass is 332 g/mol. The lowest BCUT2D eigenvalue weighted by Gasteiger charge is -2.16. The first-order chi connectivity index (χ1) is 10.0. The van der Waals surface area contributed by atoms with Crippen molar-refractivity contribution in [3.8, 4) is 0 Å². The minimum Gasteiger partial charge on any atom is -0.387 e. The summed E-state index contributed by atoms with van der Waals surface area (Å²) in [6.45, 7) is 0.166. The van der Waals surface area contributed by atoms with Crippen molar-refractivity contribution in [2.45, 2.75) is 24.5 Å². The number of aromatic amines is 1. The van der Waals surface area contributed by atoms with E-state index in [1.165, 1.54) is 18.0 Å². The van der Waals surface area contributed by atoms with E-state index in [1.807, 2.05) is 0 Å². The number of ether oxygens (including phenoxy) is 2. The SMILES string of the molecule is COC[C@H]1O[C@@H](n2cnc3c(=S)nc(Cl)[nH]c32)[C@H](O)[C@@H]1O. The molecule has 8 nitrogen and oxygen atoms in total. The first kappa shape index (κ1) is 14.8. The molecule has 1 aliphatic heterocycles. The number of methoxy groups -OCH3 is 1. The molecule has 0 saturated carbocycles. The molecular formula is C11H13ClN4O4S. The summed E-state index contributed by atoms with van der Waals surface area (Å²) in [5.74, 6) is 0. The normalized spacial score (nSPS) is 29.3. The number of aliphatic hydroxyl groups is 2. The molecule has 0 unspecified atom stereocenters. The maximum Gasteiger partial charge on any atom is 0.203 e. The predicted molar refractivity (Wildman–Crippen MR) is 75.5 cm³/mol. The van der Waals surface area contributed by atoms with Gasteiger partial charge in [-0.15, -0.1) is 0 Å². The molecule has 1 saturated heterocycles. The molecular weight excluding hydrogens is 320 g/mol. The van der Waals surface area contributed by atoms with Crippen molar-refractivity contribution in [1.82, 2.24) is 19.5 Å². The van der Waals surface area contributed by atoms with Crippen LogP contribution in [-0.4, -0.2) is 61.8 Å².